The molecule has 2 aromatic carbocycles. The van der Waals surface area contributed by atoms with E-state index in [1.165, 1.54) is 6.07 Å². The second kappa shape index (κ2) is 5.46. The number of hydrogen-bond donors (Lipinski definition) is 2. The molecule has 0 unspecified atom stereocenters. The largest absolute Gasteiger partial charge is 0.389 e. The first-order chi connectivity index (χ1) is 8.56. The van der Waals surface area contributed by atoms with Crippen LogP contribution in [0, 0.1) is 5.82 Å². The average Bonchev–Trinajstić information content (AvgIpc) is 2.34. The molecule has 0 aromatic heterocycles. The Morgan fingerprint density at radius 2 is 1.72 bits per heavy atom. The summed E-state index contributed by atoms with van der Waals surface area (Å²) in [7, 11) is 0. The van der Waals surface area contributed by atoms with E-state index >= 15 is 0 Å². The third-order valence-electron chi connectivity index (χ3n) is 2.38. The van der Waals surface area contributed by atoms with Crippen molar-refractivity contribution >= 4 is 44.5 Å². The van der Waals surface area contributed by atoms with E-state index in [0.717, 1.165) is 16.9 Å². The molecule has 0 aliphatic rings. The molecule has 0 amide bonds. The fourth-order valence-corrected chi connectivity index (χ4v) is 1.97. The van der Waals surface area contributed by atoms with E-state index in [-0.39, 0.29) is 5.82 Å². The van der Waals surface area contributed by atoms with Crippen molar-refractivity contribution < 1.29 is 4.39 Å². The molecule has 0 radical (unpaired) electrons. The van der Waals surface area contributed by atoms with Gasteiger partial charge in [-0.25, -0.2) is 4.39 Å². The van der Waals surface area contributed by atoms with Crippen molar-refractivity contribution in [1.82, 2.24) is 0 Å². The fourth-order valence-electron chi connectivity index (χ4n) is 1.46. The highest BCUT2D eigenvalue weighted by Crippen LogP contribution is 2.23. The Hall–Kier alpha value is -1.46. The van der Waals surface area contributed by atoms with Gasteiger partial charge in [0, 0.05) is 16.9 Å². The highest BCUT2D eigenvalue weighted by molar-refractivity contribution is 9.10. The molecular weight excluding hydrogens is 315 g/mol. The van der Waals surface area contributed by atoms with Crippen LogP contribution in [-0.2, 0) is 0 Å². The summed E-state index contributed by atoms with van der Waals surface area (Å²) in [6, 6.07) is 12.2. The predicted molar refractivity (Wildman–Crippen MR) is 79.7 cm³/mol. The molecule has 0 heterocycles. The molecule has 2 nitrogen and oxygen atoms in total. The Balaban J connectivity index is 2.18. The van der Waals surface area contributed by atoms with Gasteiger partial charge in [-0.3, -0.25) is 0 Å². The molecular formula is C13H10BrFN2S. The molecule has 2 rings (SSSR count). The molecule has 0 atom stereocenters. The van der Waals surface area contributed by atoms with E-state index in [0.29, 0.717) is 9.46 Å². The van der Waals surface area contributed by atoms with E-state index in [9.17, 15) is 4.39 Å². The first-order valence-corrected chi connectivity index (χ1v) is 6.38. The Labute approximate surface area is 118 Å². The van der Waals surface area contributed by atoms with Crippen LogP contribution in [0.25, 0.3) is 0 Å². The summed E-state index contributed by atoms with van der Waals surface area (Å²) in [5, 5.41) is 3.16. The summed E-state index contributed by atoms with van der Waals surface area (Å²) in [6.07, 6.45) is 0. The van der Waals surface area contributed by atoms with Crippen molar-refractivity contribution in [2.45, 2.75) is 0 Å². The SMILES string of the molecule is NC(=S)c1ccc(Nc2ccc(F)c(Br)c2)cc1. The number of nitrogens with one attached hydrogen (secondary N) is 1. The van der Waals surface area contributed by atoms with E-state index in [1.807, 2.05) is 24.3 Å². The lowest BCUT2D eigenvalue weighted by Crippen LogP contribution is -2.08. The average molecular weight is 325 g/mol. The number of hydrogen-bond acceptors (Lipinski definition) is 2. The van der Waals surface area contributed by atoms with Crippen molar-refractivity contribution in [3.05, 3.63) is 58.3 Å². The van der Waals surface area contributed by atoms with Crippen molar-refractivity contribution in [1.29, 1.82) is 0 Å². The molecule has 0 bridgehead atoms. The summed E-state index contributed by atoms with van der Waals surface area (Å²) in [5.74, 6) is -0.288. The maximum absolute atomic E-state index is 13.1. The molecule has 0 fully saturated rings. The number of thiocarbonyl (C=S) groups is 1. The highest BCUT2D eigenvalue weighted by atomic mass is 79.9. The minimum absolute atomic E-state index is 0.288. The van der Waals surface area contributed by atoms with Crippen LogP contribution in [0.3, 0.4) is 0 Å². The van der Waals surface area contributed by atoms with Gasteiger partial charge in [0.1, 0.15) is 10.8 Å². The van der Waals surface area contributed by atoms with Crippen molar-refractivity contribution in [3.63, 3.8) is 0 Å². The zero-order valence-corrected chi connectivity index (χ0v) is 11.7. The van der Waals surface area contributed by atoms with Gasteiger partial charge in [-0.2, -0.15) is 0 Å². The molecule has 2 aromatic rings. The lowest BCUT2D eigenvalue weighted by Gasteiger charge is -2.08. The van der Waals surface area contributed by atoms with Gasteiger partial charge < -0.3 is 11.1 Å². The first-order valence-electron chi connectivity index (χ1n) is 5.18. The van der Waals surface area contributed by atoms with Crippen molar-refractivity contribution in [3.8, 4) is 0 Å². The fraction of sp³-hybridized carbons (Fsp3) is 0. The van der Waals surface area contributed by atoms with E-state index in [1.54, 1.807) is 12.1 Å². The summed E-state index contributed by atoms with van der Waals surface area (Å²) in [6.45, 7) is 0. The van der Waals surface area contributed by atoms with Gasteiger partial charge in [-0.15, -0.1) is 0 Å². The Kier molecular flexibility index (Phi) is 3.93. The Morgan fingerprint density at radius 1 is 1.11 bits per heavy atom. The molecule has 0 aliphatic heterocycles. The van der Waals surface area contributed by atoms with Crippen LogP contribution in [0.5, 0.6) is 0 Å². The first kappa shape index (κ1) is 13.0. The third-order valence-corrected chi connectivity index (χ3v) is 3.22. The second-order valence-electron chi connectivity index (χ2n) is 3.70. The quantitative estimate of drug-likeness (QED) is 0.839. The van der Waals surface area contributed by atoms with Crippen molar-refractivity contribution in [2.75, 3.05) is 5.32 Å². The molecule has 0 saturated carbocycles. The van der Waals surface area contributed by atoms with Crippen LogP contribution in [0.15, 0.2) is 46.9 Å². The van der Waals surface area contributed by atoms with Crippen LogP contribution >= 0.6 is 28.1 Å². The maximum atomic E-state index is 13.1. The number of halogens is 2. The van der Waals surface area contributed by atoms with Gasteiger partial charge >= 0.3 is 0 Å². The van der Waals surface area contributed by atoms with Crippen LogP contribution < -0.4 is 11.1 Å². The van der Waals surface area contributed by atoms with E-state index < -0.39 is 0 Å². The van der Waals surface area contributed by atoms with Gasteiger partial charge in [-0.1, -0.05) is 12.2 Å². The van der Waals surface area contributed by atoms with Gasteiger partial charge in [0.2, 0.25) is 0 Å². The number of rotatable bonds is 3. The molecule has 18 heavy (non-hydrogen) atoms. The lowest BCUT2D eigenvalue weighted by atomic mass is 10.2. The summed E-state index contributed by atoms with van der Waals surface area (Å²) < 4.78 is 13.5. The molecule has 3 N–H and O–H groups in total. The minimum atomic E-state index is -0.288. The topological polar surface area (TPSA) is 38.0 Å². The number of nitrogens with two attached hydrogens (primary N) is 1. The van der Waals surface area contributed by atoms with Crippen LogP contribution in [0.2, 0.25) is 0 Å². The van der Waals surface area contributed by atoms with Crippen molar-refractivity contribution in [2.24, 2.45) is 5.73 Å². The smallest absolute Gasteiger partial charge is 0.137 e. The van der Waals surface area contributed by atoms with Gasteiger partial charge in [0.05, 0.1) is 4.47 Å². The Bertz CT molecular complexity index is 584. The van der Waals surface area contributed by atoms with Crippen LogP contribution in [-0.4, -0.2) is 4.99 Å². The molecule has 92 valence electrons. The maximum Gasteiger partial charge on any atom is 0.137 e. The summed E-state index contributed by atoms with van der Waals surface area (Å²) in [5.41, 5.74) is 8.01. The standard InChI is InChI=1S/C13H10BrFN2S/c14-11-7-10(5-6-12(11)15)17-9-3-1-8(2-4-9)13(16)18/h1-7,17H,(H2,16,18). The third kappa shape index (κ3) is 3.05. The minimum Gasteiger partial charge on any atom is -0.389 e. The highest BCUT2D eigenvalue weighted by Gasteiger charge is 2.01. The predicted octanol–water partition coefficient (Wildman–Crippen LogP) is 3.97. The monoisotopic (exact) mass is 324 g/mol. The summed E-state index contributed by atoms with van der Waals surface area (Å²) in [4.78, 5) is 0.367. The molecule has 5 heteroatoms. The summed E-state index contributed by atoms with van der Waals surface area (Å²) >= 11 is 8.02. The molecule has 0 spiro atoms. The number of benzene rings is 2. The van der Waals surface area contributed by atoms with Gasteiger partial charge in [0.25, 0.3) is 0 Å². The molecule has 0 saturated heterocycles. The van der Waals surface area contributed by atoms with E-state index in [4.69, 9.17) is 18.0 Å². The zero-order valence-electron chi connectivity index (χ0n) is 9.28. The van der Waals surface area contributed by atoms with Gasteiger partial charge in [0.15, 0.2) is 0 Å². The lowest BCUT2D eigenvalue weighted by molar-refractivity contribution is 0.621. The van der Waals surface area contributed by atoms with Gasteiger partial charge in [-0.05, 0) is 58.4 Å². The normalized spacial score (nSPS) is 10.1. The number of anilines is 2. The zero-order chi connectivity index (χ0) is 13.1. The molecule has 0 aliphatic carbocycles. The van der Waals surface area contributed by atoms with Crippen LogP contribution in [0.4, 0.5) is 15.8 Å². The Morgan fingerprint density at radius 3 is 2.28 bits per heavy atom. The second-order valence-corrected chi connectivity index (χ2v) is 4.99. The van der Waals surface area contributed by atoms with E-state index in [2.05, 4.69) is 21.2 Å². The van der Waals surface area contributed by atoms with Crippen LogP contribution in [0.1, 0.15) is 5.56 Å².